The molecule has 2 aromatic carbocycles. The van der Waals surface area contributed by atoms with Crippen molar-refractivity contribution in [2.45, 2.75) is 26.2 Å². The second kappa shape index (κ2) is 6.83. The van der Waals surface area contributed by atoms with Crippen LogP contribution in [0, 0.1) is 6.92 Å². The Morgan fingerprint density at radius 1 is 1.22 bits per heavy atom. The van der Waals surface area contributed by atoms with E-state index in [2.05, 4.69) is 9.97 Å². The molecule has 0 amide bonds. The molecule has 4 rings (SSSR count). The van der Waals surface area contributed by atoms with Crippen LogP contribution < -0.4 is 0 Å². The summed E-state index contributed by atoms with van der Waals surface area (Å²) in [6.07, 6.45) is 3.96. The molecule has 0 spiro atoms. The maximum atomic E-state index is 11.4. The number of aryl methyl sites for hydroxylation is 1. The number of phenols is 1. The summed E-state index contributed by atoms with van der Waals surface area (Å²) in [5.41, 5.74) is 6.90. The SMILES string of the molecule is CC(=O)OCC1Cc2c(-c3ccncn3)cccc2-c2c(O)ccc(C)c21. The van der Waals surface area contributed by atoms with Crippen molar-refractivity contribution >= 4 is 5.97 Å². The number of aromatic nitrogens is 2. The van der Waals surface area contributed by atoms with Crippen LogP contribution in [0.2, 0.25) is 0 Å². The molecule has 27 heavy (non-hydrogen) atoms. The van der Waals surface area contributed by atoms with E-state index in [-0.39, 0.29) is 24.2 Å². The van der Waals surface area contributed by atoms with E-state index < -0.39 is 0 Å². The Balaban J connectivity index is 1.93. The van der Waals surface area contributed by atoms with Crippen molar-refractivity contribution in [3.8, 4) is 28.1 Å². The smallest absolute Gasteiger partial charge is 0.302 e. The molecule has 5 heteroatoms. The first-order valence-corrected chi connectivity index (χ1v) is 8.90. The molecule has 3 aromatic rings. The van der Waals surface area contributed by atoms with Crippen molar-refractivity contribution in [3.05, 3.63) is 65.6 Å². The Morgan fingerprint density at radius 2 is 2.04 bits per heavy atom. The molecular weight excluding hydrogens is 340 g/mol. The van der Waals surface area contributed by atoms with Gasteiger partial charge >= 0.3 is 5.97 Å². The van der Waals surface area contributed by atoms with Crippen LogP contribution in [0.1, 0.15) is 29.5 Å². The number of rotatable bonds is 3. The molecule has 0 saturated heterocycles. The third-order valence-electron chi connectivity index (χ3n) is 5.09. The van der Waals surface area contributed by atoms with Crippen LogP contribution in [0.25, 0.3) is 22.4 Å². The summed E-state index contributed by atoms with van der Waals surface area (Å²) in [5, 5.41) is 10.7. The van der Waals surface area contributed by atoms with Crippen molar-refractivity contribution in [1.82, 2.24) is 9.97 Å². The van der Waals surface area contributed by atoms with Gasteiger partial charge in [-0.3, -0.25) is 4.79 Å². The molecule has 0 fully saturated rings. The number of ether oxygens (including phenoxy) is 1. The van der Waals surface area contributed by atoms with Crippen molar-refractivity contribution in [2.24, 2.45) is 0 Å². The summed E-state index contributed by atoms with van der Waals surface area (Å²) in [7, 11) is 0. The average Bonchev–Trinajstić information content (AvgIpc) is 2.68. The summed E-state index contributed by atoms with van der Waals surface area (Å²) in [4.78, 5) is 19.8. The normalized spacial score (nSPS) is 15.0. The van der Waals surface area contributed by atoms with Gasteiger partial charge in [0, 0.05) is 30.2 Å². The minimum absolute atomic E-state index is 0.0218. The predicted octanol–water partition coefficient (Wildman–Crippen LogP) is 4.03. The quantitative estimate of drug-likeness (QED) is 0.714. The third kappa shape index (κ3) is 3.05. The number of carbonyl (C=O) groups excluding carboxylic acids is 1. The van der Waals surface area contributed by atoms with Gasteiger partial charge in [0.1, 0.15) is 12.1 Å². The number of fused-ring (bicyclic) bond motifs is 3. The highest BCUT2D eigenvalue weighted by atomic mass is 16.5. The highest BCUT2D eigenvalue weighted by Crippen LogP contribution is 2.48. The molecule has 1 atom stereocenters. The number of hydrogen-bond donors (Lipinski definition) is 1. The van der Waals surface area contributed by atoms with E-state index in [9.17, 15) is 9.90 Å². The van der Waals surface area contributed by atoms with Crippen molar-refractivity contribution in [1.29, 1.82) is 0 Å². The zero-order valence-corrected chi connectivity index (χ0v) is 15.3. The third-order valence-corrected chi connectivity index (χ3v) is 5.09. The molecule has 0 aliphatic heterocycles. The molecule has 1 unspecified atom stereocenters. The summed E-state index contributed by atoms with van der Waals surface area (Å²) in [6, 6.07) is 11.6. The number of esters is 1. The average molecular weight is 360 g/mol. The number of carbonyl (C=O) groups is 1. The van der Waals surface area contributed by atoms with Crippen LogP contribution in [0.3, 0.4) is 0 Å². The molecule has 1 aliphatic rings. The first-order chi connectivity index (χ1) is 13.1. The lowest BCUT2D eigenvalue weighted by molar-refractivity contribution is -0.141. The highest BCUT2D eigenvalue weighted by molar-refractivity contribution is 5.85. The van der Waals surface area contributed by atoms with Gasteiger partial charge in [0.15, 0.2) is 0 Å². The van der Waals surface area contributed by atoms with Gasteiger partial charge < -0.3 is 9.84 Å². The van der Waals surface area contributed by atoms with Crippen LogP contribution in [0.5, 0.6) is 5.75 Å². The Hall–Kier alpha value is -3.21. The van der Waals surface area contributed by atoms with Crippen LogP contribution in [0.15, 0.2) is 48.9 Å². The van der Waals surface area contributed by atoms with E-state index in [1.54, 1.807) is 12.3 Å². The number of hydrogen-bond acceptors (Lipinski definition) is 5. The van der Waals surface area contributed by atoms with E-state index in [0.717, 1.165) is 39.1 Å². The summed E-state index contributed by atoms with van der Waals surface area (Å²) in [5.74, 6) is -0.0834. The Kier molecular flexibility index (Phi) is 4.36. The fraction of sp³-hybridized carbons (Fsp3) is 0.227. The lowest BCUT2D eigenvalue weighted by Crippen LogP contribution is -2.20. The zero-order valence-electron chi connectivity index (χ0n) is 15.3. The lowest BCUT2D eigenvalue weighted by Gasteiger charge is -2.31. The molecule has 0 bridgehead atoms. The number of benzene rings is 2. The molecule has 1 aliphatic carbocycles. The van der Waals surface area contributed by atoms with Crippen LogP contribution in [-0.4, -0.2) is 27.7 Å². The van der Waals surface area contributed by atoms with Crippen LogP contribution in [-0.2, 0) is 16.0 Å². The number of nitrogens with zero attached hydrogens (tertiary/aromatic N) is 2. The summed E-state index contributed by atoms with van der Waals surface area (Å²) < 4.78 is 5.35. The fourth-order valence-electron chi connectivity index (χ4n) is 3.96. The number of aromatic hydroxyl groups is 1. The maximum absolute atomic E-state index is 11.4. The second-order valence-corrected chi connectivity index (χ2v) is 6.82. The molecule has 136 valence electrons. The van der Waals surface area contributed by atoms with Gasteiger partial charge in [-0.05, 0) is 47.7 Å². The molecule has 1 heterocycles. The van der Waals surface area contributed by atoms with Gasteiger partial charge in [0.25, 0.3) is 0 Å². The van der Waals surface area contributed by atoms with Crippen molar-refractivity contribution < 1.29 is 14.6 Å². The van der Waals surface area contributed by atoms with Gasteiger partial charge in [0.05, 0.1) is 12.3 Å². The molecule has 5 nitrogen and oxygen atoms in total. The Bertz CT molecular complexity index is 1020. The van der Waals surface area contributed by atoms with E-state index in [1.807, 2.05) is 37.3 Å². The summed E-state index contributed by atoms with van der Waals surface area (Å²) in [6.45, 7) is 3.72. The Labute approximate surface area is 157 Å². The van der Waals surface area contributed by atoms with Gasteiger partial charge in [-0.2, -0.15) is 0 Å². The van der Waals surface area contributed by atoms with Gasteiger partial charge in [-0.15, -0.1) is 0 Å². The van der Waals surface area contributed by atoms with E-state index >= 15 is 0 Å². The molecule has 0 saturated carbocycles. The predicted molar refractivity (Wildman–Crippen MR) is 102 cm³/mol. The van der Waals surface area contributed by atoms with Gasteiger partial charge in [-0.1, -0.05) is 24.3 Å². The lowest BCUT2D eigenvalue weighted by atomic mass is 9.75. The van der Waals surface area contributed by atoms with Crippen LogP contribution in [0.4, 0.5) is 0 Å². The minimum Gasteiger partial charge on any atom is -0.507 e. The topological polar surface area (TPSA) is 72.3 Å². The Morgan fingerprint density at radius 3 is 2.78 bits per heavy atom. The second-order valence-electron chi connectivity index (χ2n) is 6.82. The number of phenolic OH excluding ortho intramolecular Hbond substituents is 1. The zero-order chi connectivity index (χ0) is 19.0. The van der Waals surface area contributed by atoms with E-state index in [0.29, 0.717) is 6.42 Å². The van der Waals surface area contributed by atoms with E-state index in [4.69, 9.17) is 4.74 Å². The molecule has 0 radical (unpaired) electrons. The fourth-order valence-corrected chi connectivity index (χ4v) is 3.96. The molecule has 1 N–H and O–H groups in total. The van der Waals surface area contributed by atoms with Crippen molar-refractivity contribution in [3.63, 3.8) is 0 Å². The minimum atomic E-state index is -0.302. The molecule has 1 aromatic heterocycles. The highest BCUT2D eigenvalue weighted by Gasteiger charge is 2.31. The van der Waals surface area contributed by atoms with Gasteiger partial charge in [0.2, 0.25) is 0 Å². The van der Waals surface area contributed by atoms with Gasteiger partial charge in [-0.25, -0.2) is 9.97 Å². The summed E-state index contributed by atoms with van der Waals surface area (Å²) >= 11 is 0. The largest absolute Gasteiger partial charge is 0.507 e. The standard InChI is InChI=1S/C22H20N2O3/c1-13-6-7-20(26)22-17-5-3-4-16(19-8-9-23-12-24-19)18(17)10-15(21(13)22)11-27-14(2)25/h3-9,12,15,26H,10-11H2,1-2H3. The first kappa shape index (κ1) is 17.2. The first-order valence-electron chi connectivity index (χ1n) is 8.90. The molecular formula is C22H20N2O3. The van der Waals surface area contributed by atoms with E-state index in [1.165, 1.54) is 13.3 Å². The van der Waals surface area contributed by atoms with Crippen LogP contribution >= 0.6 is 0 Å². The monoisotopic (exact) mass is 360 g/mol. The maximum Gasteiger partial charge on any atom is 0.302 e. The van der Waals surface area contributed by atoms with Crippen molar-refractivity contribution in [2.75, 3.05) is 6.61 Å².